The zero-order valence-corrected chi connectivity index (χ0v) is 21.2. The summed E-state index contributed by atoms with van der Waals surface area (Å²) in [6.07, 6.45) is 7.02. The molecule has 1 saturated heterocycles. The van der Waals surface area contributed by atoms with E-state index in [1.807, 2.05) is 33.3 Å². The van der Waals surface area contributed by atoms with Gasteiger partial charge in [0.25, 0.3) is 5.91 Å². The minimum Gasteiger partial charge on any atom is -0.324 e. The average molecular weight is 493 g/mol. The molecule has 10 nitrogen and oxygen atoms in total. The molecule has 5 rings (SSSR count). The molecule has 0 atom stereocenters. The van der Waals surface area contributed by atoms with Gasteiger partial charge in [-0.25, -0.2) is 4.52 Å². The van der Waals surface area contributed by atoms with Gasteiger partial charge in [0.05, 0.1) is 52.1 Å². The van der Waals surface area contributed by atoms with Crippen LogP contribution in [0.1, 0.15) is 35.6 Å². The van der Waals surface area contributed by atoms with Crippen LogP contribution >= 0.6 is 11.3 Å². The molecule has 1 aliphatic heterocycles. The molecule has 0 aromatic carbocycles. The highest BCUT2D eigenvalue weighted by molar-refractivity contribution is 7.21. The van der Waals surface area contributed by atoms with Gasteiger partial charge in [0.1, 0.15) is 4.83 Å². The Morgan fingerprint density at radius 2 is 1.89 bits per heavy atom. The van der Waals surface area contributed by atoms with Crippen molar-refractivity contribution in [2.24, 2.45) is 12.5 Å². The predicted octanol–water partition coefficient (Wildman–Crippen LogP) is 3.34. The van der Waals surface area contributed by atoms with Crippen LogP contribution < -0.4 is 10.6 Å². The highest BCUT2D eigenvalue weighted by Gasteiger charge is 2.34. The van der Waals surface area contributed by atoms with E-state index in [0.29, 0.717) is 29.2 Å². The first kappa shape index (κ1) is 23.2. The van der Waals surface area contributed by atoms with Crippen LogP contribution in [-0.2, 0) is 11.8 Å². The number of pyridine rings is 1. The third-order valence-corrected chi connectivity index (χ3v) is 7.15. The number of amides is 2. The molecule has 35 heavy (non-hydrogen) atoms. The normalized spacial score (nSPS) is 15.2. The van der Waals surface area contributed by atoms with Crippen LogP contribution in [0.15, 0.2) is 30.9 Å². The first-order valence-corrected chi connectivity index (χ1v) is 12.2. The standard InChI is InChI=1S/C24H28N8O2S/c1-14-18(9-30(5)29-14)20-10-32-23(35-20)17(8-26-32)22(34)28-19-6-16(7-25-15(19)2)27-21(33)11-31-12-24(3,4)13-31/h6-10H,11-13H2,1-5H3,(H,27,33)(H,28,34). The van der Waals surface area contributed by atoms with Gasteiger partial charge in [0.15, 0.2) is 0 Å². The van der Waals surface area contributed by atoms with Crippen molar-refractivity contribution in [1.82, 2.24) is 29.3 Å². The number of carbonyl (C=O) groups is 2. The molecule has 0 aliphatic carbocycles. The summed E-state index contributed by atoms with van der Waals surface area (Å²) >= 11 is 1.49. The highest BCUT2D eigenvalue weighted by atomic mass is 32.1. The monoisotopic (exact) mass is 492 g/mol. The lowest BCUT2D eigenvalue weighted by atomic mass is 9.84. The van der Waals surface area contributed by atoms with Crippen molar-refractivity contribution in [3.05, 3.63) is 47.8 Å². The summed E-state index contributed by atoms with van der Waals surface area (Å²) in [5.41, 5.74) is 4.40. The van der Waals surface area contributed by atoms with Gasteiger partial charge in [-0.1, -0.05) is 13.8 Å². The zero-order valence-electron chi connectivity index (χ0n) is 20.4. The van der Waals surface area contributed by atoms with Crippen LogP contribution in [0.3, 0.4) is 0 Å². The molecular formula is C24H28N8O2S. The van der Waals surface area contributed by atoms with Crippen LogP contribution in [0.2, 0.25) is 0 Å². The molecule has 5 heterocycles. The minimum absolute atomic E-state index is 0.0985. The van der Waals surface area contributed by atoms with Crippen molar-refractivity contribution < 1.29 is 9.59 Å². The average Bonchev–Trinajstić information content (AvgIpc) is 3.42. The van der Waals surface area contributed by atoms with Crippen molar-refractivity contribution in [3.8, 4) is 10.4 Å². The molecule has 0 spiro atoms. The topological polar surface area (TPSA) is 109 Å². The van der Waals surface area contributed by atoms with Crippen LogP contribution in [0.4, 0.5) is 11.4 Å². The fourth-order valence-corrected chi connectivity index (χ4v) is 5.63. The maximum absolute atomic E-state index is 13.1. The van der Waals surface area contributed by atoms with E-state index in [1.165, 1.54) is 11.3 Å². The number of anilines is 2. The molecule has 0 saturated carbocycles. The number of rotatable bonds is 6. The van der Waals surface area contributed by atoms with E-state index in [9.17, 15) is 9.59 Å². The van der Waals surface area contributed by atoms with Gasteiger partial charge in [-0.3, -0.25) is 24.2 Å². The fraction of sp³-hybridized carbons (Fsp3) is 0.375. The van der Waals surface area contributed by atoms with Crippen molar-refractivity contribution in [2.75, 3.05) is 30.3 Å². The Labute approximate surface area is 207 Å². The Hall–Kier alpha value is -3.57. The van der Waals surface area contributed by atoms with E-state index < -0.39 is 0 Å². The number of fused-ring (bicyclic) bond motifs is 1. The van der Waals surface area contributed by atoms with Crippen molar-refractivity contribution in [1.29, 1.82) is 0 Å². The number of thiazole rings is 1. The molecule has 182 valence electrons. The lowest BCUT2D eigenvalue weighted by molar-refractivity contribution is -0.120. The summed E-state index contributed by atoms with van der Waals surface area (Å²) in [6, 6.07) is 1.73. The van der Waals surface area contributed by atoms with E-state index in [-0.39, 0.29) is 17.2 Å². The van der Waals surface area contributed by atoms with E-state index in [0.717, 1.165) is 34.1 Å². The van der Waals surface area contributed by atoms with E-state index in [2.05, 4.69) is 44.6 Å². The lowest BCUT2D eigenvalue weighted by Gasteiger charge is -2.45. The second-order valence-electron chi connectivity index (χ2n) is 9.87. The Morgan fingerprint density at radius 1 is 1.11 bits per heavy atom. The largest absolute Gasteiger partial charge is 0.324 e. The minimum atomic E-state index is -0.285. The van der Waals surface area contributed by atoms with Gasteiger partial charge in [-0.05, 0) is 25.3 Å². The van der Waals surface area contributed by atoms with Crippen molar-refractivity contribution in [3.63, 3.8) is 0 Å². The summed E-state index contributed by atoms with van der Waals surface area (Å²) in [5.74, 6) is -0.383. The Morgan fingerprint density at radius 3 is 2.57 bits per heavy atom. The molecule has 11 heteroatoms. The van der Waals surface area contributed by atoms with Crippen LogP contribution in [0, 0.1) is 19.3 Å². The van der Waals surface area contributed by atoms with Gasteiger partial charge in [0, 0.05) is 38.1 Å². The SMILES string of the molecule is Cc1ncc(NC(=O)CN2CC(C)(C)C2)cc1NC(=O)c1cnn2cc(-c3cn(C)nc3C)sc12. The summed E-state index contributed by atoms with van der Waals surface area (Å²) < 4.78 is 3.48. The smallest absolute Gasteiger partial charge is 0.260 e. The van der Waals surface area contributed by atoms with Gasteiger partial charge in [-0.2, -0.15) is 10.2 Å². The third kappa shape index (κ3) is 4.69. The molecule has 1 aliphatic rings. The number of nitrogens with zero attached hydrogens (tertiary/aromatic N) is 6. The second-order valence-corrected chi connectivity index (χ2v) is 10.9. The summed E-state index contributed by atoms with van der Waals surface area (Å²) in [4.78, 5) is 33.8. The van der Waals surface area contributed by atoms with Crippen LogP contribution in [0.25, 0.3) is 15.3 Å². The van der Waals surface area contributed by atoms with Crippen LogP contribution in [-0.4, -0.2) is 60.7 Å². The first-order valence-electron chi connectivity index (χ1n) is 11.4. The molecular weight excluding hydrogens is 464 g/mol. The third-order valence-electron chi connectivity index (χ3n) is 6.01. The molecule has 0 unspecified atom stereocenters. The number of likely N-dealkylation sites (tertiary alicyclic amines) is 1. The molecule has 2 N–H and O–H groups in total. The maximum atomic E-state index is 13.1. The van der Waals surface area contributed by atoms with Gasteiger partial charge < -0.3 is 10.6 Å². The summed E-state index contributed by atoms with van der Waals surface area (Å²) in [6.45, 7) is 10.3. The number of hydrogen-bond acceptors (Lipinski definition) is 7. The van der Waals surface area contributed by atoms with E-state index >= 15 is 0 Å². The number of aryl methyl sites for hydroxylation is 3. The molecule has 4 aromatic rings. The van der Waals surface area contributed by atoms with Gasteiger partial charge >= 0.3 is 0 Å². The first-order chi connectivity index (χ1) is 16.6. The molecule has 0 bridgehead atoms. The quantitative estimate of drug-likeness (QED) is 0.427. The maximum Gasteiger partial charge on any atom is 0.260 e. The van der Waals surface area contributed by atoms with E-state index in [1.54, 1.807) is 27.7 Å². The fourth-order valence-electron chi connectivity index (χ4n) is 4.51. The summed E-state index contributed by atoms with van der Waals surface area (Å²) in [5, 5.41) is 14.6. The van der Waals surface area contributed by atoms with Crippen molar-refractivity contribution in [2.45, 2.75) is 27.7 Å². The lowest BCUT2D eigenvalue weighted by Crippen LogP contribution is -2.54. The Bertz CT molecular complexity index is 1440. The van der Waals surface area contributed by atoms with Gasteiger partial charge in [0.2, 0.25) is 5.91 Å². The number of carbonyl (C=O) groups excluding carboxylic acids is 2. The number of nitrogens with one attached hydrogen (secondary N) is 2. The Kier molecular flexibility index (Phi) is 5.68. The predicted molar refractivity (Wildman–Crippen MR) is 136 cm³/mol. The van der Waals surface area contributed by atoms with Crippen LogP contribution in [0.5, 0.6) is 0 Å². The molecule has 2 amide bonds. The molecule has 4 aromatic heterocycles. The second kappa shape index (κ2) is 8.58. The number of aromatic nitrogens is 5. The van der Waals surface area contributed by atoms with Crippen molar-refractivity contribution >= 4 is 39.4 Å². The van der Waals surface area contributed by atoms with E-state index in [4.69, 9.17) is 0 Å². The van der Waals surface area contributed by atoms with Gasteiger partial charge in [-0.15, -0.1) is 11.3 Å². The highest BCUT2D eigenvalue weighted by Crippen LogP contribution is 2.32. The Balaban J connectivity index is 1.30. The zero-order chi connectivity index (χ0) is 24.9. The molecule has 0 radical (unpaired) electrons. The number of hydrogen-bond donors (Lipinski definition) is 2. The molecule has 1 fully saturated rings. The summed E-state index contributed by atoms with van der Waals surface area (Å²) in [7, 11) is 1.88.